The Balaban J connectivity index is 1.39. The molecule has 1 N–H and O–H groups in total. The molecule has 0 aliphatic carbocycles. The normalized spacial score (nSPS) is 14.3. The average Bonchev–Trinajstić information content (AvgIpc) is 2.81. The third-order valence-corrected chi connectivity index (χ3v) is 7.43. The van der Waals surface area contributed by atoms with Gasteiger partial charge in [0, 0.05) is 48.1 Å². The number of rotatable bonds is 5. The minimum Gasteiger partial charge on any atom is -0.368 e. The molecule has 4 rings (SSSR count). The van der Waals surface area contributed by atoms with Crippen LogP contribution in [0.5, 0.6) is 0 Å². The molecule has 33 heavy (non-hydrogen) atoms. The van der Waals surface area contributed by atoms with Crippen molar-refractivity contribution in [2.45, 2.75) is 18.7 Å². The van der Waals surface area contributed by atoms with E-state index in [-0.39, 0.29) is 10.8 Å². The zero-order chi connectivity index (χ0) is 23.6. The van der Waals surface area contributed by atoms with Crippen molar-refractivity contribution in [2.75, 3.05) is 35.8 Å². The van der Waals surface area contributed by atoms with E-state index in [9.17, 15) is 13.2 Å². The van der Waals surface area contributed by atoms with E-state index in [4.69, 9.17) is 11.6 Å². The topological polar surface area (TPSA) is 69.7 Å². The SMILES string of the molecule is Cc1ccc(S(=O)(=O)Nc2ccc(C(=O)N3CCN(c4cc(Cl)ccc4C)CC3)cc2)cc1. The van der Waals surface area contributed by atoms with Gasteiger partial charge in [-0.05, 0) is 67.9 Å². The van der Waals surface area contributed by atoms with Gasteiger partial charge in [0.1, 0.15) is 0 Å². The van der Waals surface area contributed by atoms with E-state index in [0.717, 1.165) is 29.9 Å². The summed E-state index contributed by atoms with van der Waals surface area (Å²) < 4.78 is 27.7. The van der Waals surface area contributed by atoms with E-state index in [2.05, 4.69) is 16.5 Å². The molecule has 0 unspecified atom stereocenters. The van der Waals surface area contributed by atoms with Crippen molar-refractivity contribution in [1.82, 2.24) is 4.90 Å². The van der Waals surface area contributed by atoms with Gasteiger partial charge in [-0.15, -0.1) is 0 Å². The van der Waals surface area contributed by atoms with E-state index < -0.39 is 10.0 Å². The van der Waals surface area contributed by atoms with Crippen LogP contribution in [0.4, 0.5) is 11.4 Å². The summed E-state index contributed by atoms with van der Waals surface area (Å²) >= 11 is 6.16. The van der Waals surface area contributed by atoms with Crippen molar-refractivity contribution in [3.63, 3.8) is 0 Å². The molecule has 3 aromatic rings. The molecule has 3 aromatic carbocycles. The lowest BCUT2D eigenvalue weighted by atomic mass is 10.1. The van der Waals surface area contributed by atoms with Crippen molar-refractivity contribution < 1.29 is 13.2 Å². The molecular formula is C25H26ClN3O3S. The summed E-state index contributed by atoms with van der Waals surface area (Å²) in [6.07, 6.45) is 0. The van der Waals surface area contributed by atoms with Gasteiger partial charge in [0.25, 0.3) is 15.9 Å². The van der Waals surface area contributed by atoms with Gasteiger partial charge in [0.2, 0.25) is 0 Å². The Morgan fingerprint density at radius 3 is 2.15 bits per heavy atom. The Labute approximate surface area is 199 Å². The number of halogens is 1. The van der Waals surface area contributed by atoms with Crippen molar-refractivity contribution in [3.05, 3.63) is 88.4 Å². The molecular weight excluding hydrogens is 458 g/mol. The maximum Gasteiger partial charge on any atom is 0.261 e. The first-order valence-corrected chi connectivity index (χ1v) is 12.6. The van der Waals surface area contributed by atoms with Crippen LogP contribution in [-0.2, 0) is 10.0 Å². The summed E-state index contributed by atoms with van der Waals surface area (Å²) in [4.78, 5) is 17.2. The lowest BCUT2D eigenvalue weighted by molar-refractivity contribution is 0.0747. The van der Waals surface area contributed by atoms with Crippen LogP contribution >= 0.6 is 11.6 Å². The van der Waals surface area contributed by atoms with Gasteiger partial charge in [0.15, 0.2) is 0 Å². The smallest absolute Gasteiger partial charge is 0.261 e. The molecule has 1 fully saturated rings. The summed E-state index contributed by atoms with van der Waals surface area (Å²) in [7, 11) is -3.68. The fraction of sp³-hybridized carbons (Fsp3) is 0.240. The molecule has 172 valence electrons. The van der Waals surface area contributed by atoms with Crippen LogP contribution in [0.1, 0.15) is 21.5 Å². The van der Waals surface area contributed by atoms with Crippen molar-refractivity contribution >= 4 is 38.9 Å². The van der Waals surface area contributed by atoms with Crippen LogP contribution < -0.4 is 9.62 Å². The molecule has 1 aliphatic rings. The summed E-state index contributed by atoms with van der Waals surface area (Å²) in [6, 6.07) is 19.0. The monoisotopic (exact) mass is 483 g/mol. The fourth-order valence-corrected chi connectivity index (χ4v) is 5.09. The Hall–Kier alpha value is -3.03. The number of aryl methyl sites for hydroxylation is 2. The predicted octanol–water partition coefficient (Wildman–Crippen LogP) is 4.72. The molecule has 0 saturated carbocycles. The number of carbonyl (C=O) groups excluding carboxylic acids is 1. The maximum absolute atomic E-state index is 13.0. The Bertz CT molecular complexity index is 1250. The number of carbonyl (C=O) groups is 1. The molecule has 0 bridgehead atoms. The Morgan fingerprint density at radius 1 is 0.879 bits per heavy atom. The molecule has 0 aromatic heterocycles. The van der Waals surface area contributed by atoms with Gasteiger partial charge >= 0.3 is 0 Å². The highest BCUT2D eigenvalue weighted by Crippen LogP contribution is 2.26. The second-order valence-corrected chi connectivity index (χ2v) is 10.3. The first-order valence-electron chi connectivity index (χ1n) is 10.7. The number of nitrogens with zero attached hydrogens (tertiary/aromatic N) is 2. The minimum absolute atomic E-state index is 0.0644. The quantitative estimate of drug-likeness (QED) is 0.570. The van der Waals surface area contributed by atoms with Gasteiger partial charge < -0.3 is 9.80 Å². The number of piperazine rings is 1. The van der Waals surface area contributed by atoms with Crippen LogP contribution in [0.3, 0.4) is 0 Å². The van der Waals surface area contributed by atoms with Crippen molar-refractivity contribution in [2.24, 2.45) is 0 Å². The molecule has 1 amide bonds. The van der Waals surface area contributed by atoms with E-state index in [1.165, 1.54) is 0 Å². The van der Waals surface area contributed by atoms with Crippen LogP contribution in [0, 0.1) is 13.8 Å². The third kappa shape index (κ3) is 5.31. The van der Waals surface area contributed by atoms with E-state index in [0.29, 0.717) is 29.4 Å². The summed E-state index contributed by atoms with van der Waals surface area (Å²) in [6.45, 7) is 6.61. The highest BCUT2D eigenvalue weighted by atomic mass is 35.5. The number of hydrogen-bond donors (Lipinski definition) is 1. The average molecular weight is 484 g/mol. The number of hydrogen-bond acceptors (Lipinski definition) is 4. The van der Waals surface area contributed by atoms with Gasteiger partial charge in [-0.3, -0.25) is 9.52 Å². The Kier molecular flexibility index (Phi) is 6.63. The van der Waals surface area contributed by atoms with Crippen LogP contribution in [0.15, 0.2) is 71.6 Å². The first-order chi connectivity index (χ1) is 15.7. The molecule has 6 nitrogen and oxygen atoms in total. The molecule has 0 atom stereocenters. The van der Waals surface area contributed by atoms with Crippen LogP contribution in [-0.4, -0.2) is 45.4 Å². The Morgan fingerprint density at radius 2 is 1.52 bits per heavy atom. The molecule has 0 spiro atoms. The third-order valence-electron chi connectivity index (χ3n) is 5.79. The zero-order valence-electron chi connectivity index (χ0n) is 18.6. The van der Waals surface area contributed by atoms with Gasteiger partial charge in [0.05, 0.1) is 4.90 Å². The highest BCUT2D eigenvalue weighted by Gasteiger charge is 2.23. The lowest BCUT2D eigenvalue weighted by Crippen LogP contribution is -2.49. The van der Waals surface area contributed by atoms with E-state index >= 15 is 0 Å². The van der Waals surface area contributed by atoms with Gasteiger partial charge in [-0.1, -0.05) is 35.4 Å². The summed E-state index contributed by atoms with van der Waals surface area (Å²) in [5.41, 5.74) is 4.18. The fourth-order valence-electron chi connectivity index (χ4n) is 3.87. The largest absolute Gasteiger partial charge is 0.368 e. The minimum atomic E-state index is -3.68. The second kappa shape index (κ2) is 9.45. The zero-order valence-corrected chi connectivity index (χ0v) is 20.2. The number of anilines is 2. The predicted molar refractivity (Wildman–Crippen MR) is 133 cm³/mol. The summed E-state index contributed by atoms with van der Waals surface area (Å²) in [5, 5.41) is 0.701. The second-order valence-electron chi connectivity index (χ2n) is 8.21. The first kappa shape index (κ1) is 23.1. The number of benzene rings is 3. The van der Waals surface area contributed by atoms with Gasteiger partial charge in [-0.2, -0.15) is 0 Å². The molecule has 1 heterocycles. The lowest BCUT2D eigenvalue weighted by Gasteiger charge is -2.37. The maximum atomic E-state index is 13.0. The van der Waals surface area contributed by atoms with E-state index in [1.54, 1.807) is 48.5 Å². The van der Waals surface area contributed by atoms with Crippen molar-refractivity contribution in [1.29, 1.82) is 0 Å². The standard InChI is InChI=1S/C25H26ClN3O3S/c1-18-3-11-23(12-4-18)33(31,32)27-22-9-6-20(7-10-22)25(30)29-15-13-28(14-16-29)24-17-21(26)8-5-19(24)2/h3-12,17,27H,13-16H2,1-2H3. The number of sulfonamides is 1. The molecule has 1 saturated heterocycles. The van der Waals surface area contributed by atoms with Gasteiger partial charge in [-0.25, -0.2) is 8.42 Å². The molecule has 0 radical (unpaired) electrons. The number of amides is 1. The van der Waals surface area contributed by atoms with E-state index in [1.807, 2.05) is 30.0 Å². The van der Waals surface area contributed by atoms with Crippen LogP contribution in [0.2, 0.25) is 5.02 Å². The highest BCUT2D eigenvalue weighted by molar-refractivity contribution is 7.92. The number of nitrogens with one attached hydrogen (secondary N) is 1. The molecule has 8 heteroatoms. The van der Waals surface area contributed by atoms with Crippen LogP contribution in [0.25, 0.3) is 0 Å². The van der Waals surface area contributed by atoms with Crippen molar-refractivity contribution in [3.8, 4) is 0 Å². The summed E-state index contributed by atoms with van der Waals surface area (Å²) in [5.74, 6) is -0.0644. The molecule has 1 aliphatic heterocycles.